The van der Waals surface area contributed by atoms with Gasteiger partial charge in [-0.15, -0.1) is 0 Å². The Hall–Kier alpha value is -1.45. The molecular formula is C13H13NOS. The first kappa shape index (κ1) is 11.0. The lowest BCUT2D eigenvalue weighted by Crippen LogP contribution is -1.87. The van der Waals surface area contributed by atoms with E-state index >= 15 is 0 Å². The molecular weight excluding hydrogens is 218 g/mol. The average molecular weight is 231 g/mol. The van der Waals surface area contributed by atoms with Crippen LogP contribution < -0.4 is 4.72 Å². The van der Waals surface area contributed by atoms with Crippen molar-refractivity contribution in [3.8, 4) is 0 Å². The Morgan fingerprint density at radius 1 is 1.00 bits per heavy atom. The van der Waals surface area contributed by atoms with E-state index in [4.69, 9.17) is 5.11 Å². The zero-order valence-corrected chi connectivity index (χ0v) is 9.58. The van der Waals surface area contributed by atoms with Gasteiger partial charge < -0.3 is 9.83 Å². The number of rotatable bonds is 4. The second kappa shape index (κ2) is 5.58. The van der Waals surface area contributed by atoms with E-state index in [2.05, 4.69) is 4.72 Å². The molecule has 0 radical (unpaired) electrons. The molecule has 0 heterocycles. The molecule has 0 saturated heterocycles. The van der Waals surface area contributed by atoms with Crippen molar-refractivity contribution in [1.29, 1.82) is 0 Å². The average Bonchev–Trinajstić information content (AvgIpc) is 2.38. The van der Waals surface area contributed by atoms with Gasteiger partial charge in [0.15, 0.2) is 0 Å². The van der Waals surface area contributed by atoms with Gasteiger partial charge >= 0.3 is 0 Å². The molecule has 16 heavy (non-hydrogen) atoms. The topological polar surface area (TPSA) is 32.3 Å². The second-order valence-electron chi connectivity index (χ2n) is 3.38. The highest BCUT2D eigenvalue weighted by molar-refractivity contribution is 8.00. The van der Waals surface area contributed by atoms with Gasteiger partial charge in [0.05, 0.1) is 6.61 Å². The van der Waals surface area contributed by atoms with E-state index in [-0.39, 0.29) is 6.61 Å². The van der Waals surface area contributed by atoms with Crippen LogP contribution in [0.15, 0.2) is 59.5 Å². The van der Waals surface area contributed by atoms with Gasteiger partial charge in [-0.3, -0.25) is 0 Å². The summed E-state index contributed by atoms with van der Waals surface area (Å²) in [4.78, 5) is 1.09. The molecule has 0 atom stereocenters. The maximum Gasteiger partial charge on any atom is 0.0682 e. The molecule has 2 N–H and O–H groups in total. The Balaban J connectivity index is 1.99. The molecule has 2 aromatic carbocycles. The van der Waals surface area contributed by atoms with Crippen molar-refractivity contribution in [2.45, 2.75) is 11.5 Å². The first-order valence-corrected chi connectivity index (χ1v) is 5.88. The Morgan fingerprint density at radius 3 is 2.56 bits per heavy atom. The van der Waals surface area contributed by atoms with Gasteiger partial charge in [-0.2, -0.15) is 0 Å². The van der Waals surface area contributed by atoms with Crippen LogP contribution >= 0.6 is 11.9 Å². The summed E-state index contributed by atoms with van der Waals surface area (Å²) in [7, 11) is 0. The van der Waals surface area contributed by atoms with Gasteiger partial charge in [-0.25, -0.2) is 0 Å². The highest BCUT2D eigenvalue weighted by atomic mass is 32.2. The van der Waals surface area contributed by atoms with Crippen LogP contribution in [0, 0.1) is 0 Å². The van der Waals surface area contributed by atoms with Gasteiger partial charge in [0.1, 0.15) is 0 Å². The van der Waals surface area contributed by atoms with Gasteiger partial charge in [-0.1, -0.05) is 30.3 Å². The maximum atomic E-state index is 9.02. The fraction of sp³-hybridized carbons (Fsp3) is 0.0769. The van der Waals surface area contributed by atoms with Crippen LogP contribution in [-0.2, 0) is 6.61 Å². The largest absolute Gasteiger partial charge is 0.392 e. The van der Waals surface area contributed by atoms with E-state index < -0.39 is 0 Å². The van der Waals surface area contributed by atoms with Crippen molar-refractivity contribution < 1.29 is 5.11 Å². The molecule has 2 aromatic rings. The van der Waals surface area contributed by atoms with Gasteiger partial charge in [0, 0.05) is 10.6 Å². The summed E-state index contributed by atoms with van der Waals surface area (Å²) in [5.74, 6) is 0. The summed E-state index contributed by atoms with van der Waals surface area (Å²) in [6, 6.07) is 17.8. The van der Waals surface area contributed by atoms with Crippen molar-refractivity contribution in [3.05, 3.63) is 60.2 Å². The summed E-state index contributed by atoms with van der Waals surface area (Å²) in [5, 5.41) is 9.02. The quantitative estimate of drug-likeness (QED) is 0.792. The lowest BCUT2D eigenvalue weighted by Gasteiger charge is -2.05. The minimum Gasteiger partial charge on any atom is -0.392 e. The van der Waals surface area contributed by atoms with E-state index in [0.29, 0.717) is 0 Å². The molecule has 0 fully saturated rings. The summed E-state index contributed by atoms with van der Waals surface area (Å²) in [6.07, 6.45) is 0. The Bertz CT molecular complexity index is 445. The van der Waals surface area contributed by atoms with Crippen LogP contribution in [0.4, 0.5) is 5.69 Å². The molecule has 0 unspecified atom stereocenters. The van der Waals surface area contributed by atoms with E-state index in [1.54, 1.807) is 11.9 Å². The van der Waals surface area contributed by atoms with Gasteiger partial charge in [0.25, 0.3) is 0 Å². The Morgan fingerprint density at radius 2 is 1.81 bits per heavy atom. The number of hydrogen-bond donors (Lipinski definition) is 2. The number of hydrogen-bond acceptors (Lipinski definition) is 3. The molecule has 0 aromatic heterocycles. The first-order chi connectivity index (χ1) is 7.88. The van der Waals surface area contributed by atoms with E-state index in [1.807, 2.05) is 54.6 Å². The first-order valence-electron chi connectivity index (χ1n) is 5.06. The minimum absolute atomic E-state index is 0.0831. The van der Waals surface area contributed by atoms with Crippen LogP contribution in [-0.4, -0.2) is 5.11 Å². The van der Waals surface area contributed by atoms with Crippen molar-refractivity contribution in [2.75, 3.05) is 4.72 Å². The minimum atomic E-state index is 0.0831. The smallest absolute Gasteiger partial charge is 0.0682 e. The Kier molecular flexibility index (Phi) is 3.86. The van der Waals surface area contributed by atoms with Crippen LogP contribution in [0.1, 0.15) is 5.56 Å². The molecule has 0 spiro atoms. The molecule has 82 valence electrons. The maximum absolute atomic E-state index is 9.02. The number of aliphatic hydroxyl groups excluding tert-OH is 1. The number of anilines is 1. The number of benzene rings is 2. The number of nitrogens with one attached hydrogen (secondary N) is 1. The lowest BCUT2D eigenvalue weighted by atomic mass is 10.2. The SMILES string of the molecule is OCc1cccc(SNc2ccccc2)c1. The van der Waals surface area contributed by atoms with Crippen molar-refractivity contribution in [3.63, 3.8) is 0 Å². The monoisotopic (exact) mass is 231 g/mol. The molecule has 0 aliphatic rings. The van der Waals surface area contributed by atoms with Crippen LogP contribution in [0.3, 0.4) is 0 Å². The van der Waals surface area contributed by atoms with Crippen LogP contribution in [0.25, 0.3) is 0 Å². The predicted octanol–water partition coefficient (Wildman–Crippen LogP) is 3.30. The zero-order valence-electron chi connectivity index (χ0n) is 8.76. The lowest BCUT2D eigenvalue weighted by molar-refractivity contribution is 0.281. The summed E-state index contributed by atoms with van der Waals surface area (Å²) in [5.41, 5.74) is 2.00. The fourth-order valence-corrected chi connectivity index (χ4v) is 2.06. The van der Waals surface area contributed by atoms with E-state index in [1.165, 1.54) is 0 Å². The molecule has 0 aliphatic heterocycles. The summed E-state index contributed by atoms with van der Waals surface area (Å²) < 4.78 is 3.25. The molecule has 2 rings (SSSR count). The summed E-state index contributed by atoms with van der Waals surface area (Å²) in [6.45, 7) is 0.0831. The Labute approximate surface area is 99.5 Å². The standard InChI is InChI=1S/C13H13NOS/c15-10-11-5-4-8-13(9-11)16-14-12-6-2-1-3-7-12/h1-9,14-15H,10H2. The molecule has 2 nitrogen and oxygen atoms in total. The number of aliphatic hydroxyl groups is 1. The van der Waals surface area contributed by atoms with Crippen LogP contribution in [0.5, 0.6) is 0 Å². The highest BCUT2D eigenvalue weighted by Crippen LogP contribution is 2.21. The molecule has 0 bridgehead atoms. The zero-order chi connectivity index (χ0) is 11.2. The molecule has 0 amide bonds. The van der Waals surface area contributed by atoms with Gasteiger partial charge in [0.2, 0.25) is 0 Å². The van der Waals surface area contributed by atoms with Crippen molar-refractivity contribution in [2.24, 2.45) is 0 Å². The number of para-hydroxylation sites is 1. The summed E-state index contributed by atoms with van der Waals surface area (Å²) >= 11 is 1.54. The van der Waals surface area contributed by atoms with Gasteiger partial charge in [-0.05, 0) is 41.8 Å². The second-order valence-corrected chi connectivity index (χ2v) is 4.26. The third kappa shape index (κ3) is 3.02. The van der Waals surface area contributed by atoms with E-state index in [9.17, 15) is 0 Å². The molecule has 0 aliphatic carbocycles. The van der Waals surface area contributed by atoms with Crippen molar-refractivity contribution in [1.82, 2.24) is 0 Å². The third-order valence-corrected chi connectivity index (χ3v) is 2.97. The highest BCUT2D eigenvalue weighted by Gasteiger charge is 1.96. The van der Waals surface area contributed by atoms with Crippen LogP contribution in [0.2, 0.25) is 0 Å². The van der Waals surface area contributed by atoms with Crippen molar-refractivity contribution >= 4 is 17.6 Å². The normalized spacial score (nSPS) is 10.1. The van der Waals surface area contributed by atoms with E-state index in [0.717, 1.165) is 16.1 Å². The fourth-order valence-electron chi connectivity index (χ4n) is 1.33. The predicted molar refractivity (Wildman–Crippen MR) is 68.3 cm³/mol. The molecule has 3 heteroatoms. The molecule has 0 saturated carbocycles. The third-order valence-electron chi connectivity index (χ3n) is 2.14.